The summed E-state index contributed by atoms with van der Waals surface area (Å²) < 4.78 is 38.5. The maximum absolute atomic E-state index is 13.4. The van der Waals surface area contributed by atoms with Crippen LogP contribution in [0.2, 0.25) is 0 Å². The summed E-state index contributed by atoms with van der Waals surface area (Å²) in [7, 11) is -0.951. The van der Waals surface area contributed by atoms with E-state index in [0.29, 0.717) is 28.8 Å². The number of amides is 1. The Morgan fingerprint density at radius 3 is 2.12 bits per heavy atom. The molecule has 0 aliphatic carbocycles. The molecular formula is C25H28N2O5S. The molecule has 8 heteroatoms. The van der Waals surface area contributed by atoms with Gasteiger partial charge in [0.2, 0.25) is 5.91 Å². The van der Waals surface area contributed by atoms with Gasteiger partial charge in [-0.05, 0) is 47.9 Å². The van der Waals surface area contributed by atoms with Gasteiger partial charge in [0.15, 0.2) is 11.5 Å². The van der Waals surface area contributed by atoms with Gasteiger partial charge in [-0.1, -0.05) is 44.2 Å². The molecule has 0 saturated heterocycles. The van der Waals surface area contributed by atoms with Crippen molar-refractivity contribution in [1.82, 2.24) is 0 Å². The van der Waals surface area contributed by atoms with E-state index in [2.05, 4.69) is 19.2 Å². The van der Waals surface area contributed by atoms with E-state index in [-0.39, 0.29) is 4.90 Å². The molecular weight excluding hydrogens is 440 g/mol. The number of carbonyl (C=O) groups is 1. The van der Waals surface area contributed by atoms with Gasteiger partial charge in [-0.2, -0.15) is 0 Å². The average Bonchev–Trinajstić information content (AvgIpc) is 2.83. The van der Waals surface area contributed by atoms with Gasteiger partial charge >= 0.3 is 0 Å². The van der Waals surface area contributed by atoms with E-state index in [9.17, 15) is 13.2 Å². The van der Waals surface area contributed by atoms with E-state index >= 15 is 0 Å². The van der Waals surface area contributed by atoms with Gasteiger partial charge in [0.05, 0.1) is 24.8 Å². The zero-order chi connectivity index (χ0) is 24.0. The lowest BCUT2D eigenvalue weighted by Crippen LogP contribution is -2.38. The molecule has 3 rings (SSSR count). The van der Waals surface area contributed by atoms with Crippen molar-refractivity contribution in [2.24, 2.45) is 0 Å². The van der Waals surface area contributed by atoms with Crippen molar-refractivity contribution in [2.45, 2.75) is 24.7 Å². The molecule has 1 N–H and O–H groups in total. The van der Waals surface area contributed by atoms with Crippen molar-refractivity contribution in [3.05, 3.63) is 78.4 Å². The molecule has 0 heterocycles. The summed E-state index contributed by atoms with van der Waals surface area (Å²) in [6.07, 6.45) is 0. The van der Waals surface area contributed by atoms with Crippen LogP contribution >= 0.6 is 0 Å². The van der Waals surface area contributed by atoms with E-state index in [1.807, 2.05) is 12.1 Å². The number of nitrogens with one attached hydrogen (secondary N) is 1. The Kier molecular flexibility index (Phi) is 7.60. The topological polar surface area (TPSA) is 84.9 Å². The second kappa shape index (κ2) is 10.4. The third-order valence-electron chi connectivity index (χ3n) is 5.13. The van der Waals surface area contributed by atoms with Crippen LogP contribution in [-0.2, 0) is 14.8 Å². The number of rotatable bonds is 9. The normalized spacial score (nSPS) is 11.2. The molecule has 0 saturated carbocycles. The fourth-order valence-corrected chi connectivity index (χ4v) is 4.75. The van der Waals surface area contributed by atoms with Crippen LogP contribution in [-0.4, -0.2) is 35.1 Å². The first kappa shape index (κ1) is 24.1. The van der Waals surface area contributed by atoms with Crippen LogP contribution < -0.4 is 19.1 Å². The third kappa shape index (κ3) is 5.64. The van der Waals surface area contributed by atoms with Crippen LogP contribution in [0.3, 0.4) is 0 Å². The van der Waals surface area contributed by atoms with Crippen LogP contribution in [0.15, 0.2) is 77.7 Å². The zero-order valence-corrected chi connectivity index (χ0v) is 19.9. The molecule has 7 nitrogen and oxygen atoms in total. The molecule has 0 atom stereocenters. The number of hydrogen-bond donors (Lipinski definition) is 1. The highest BCUT2D eigenvalue weighted by Crippen LogP contribution is 2.30. The summed E-state index contributed by atoms with van der Waals surface area (Å²) >= 11 is 0. The Morgan fingerprint density at radius 1 is 0.909 bits per heavy atom. The van der Waals surface area contributed by atoms with Gasteiger partial charge in [-0.15, -0.1) is 0 Å². The quantitative estimate of drug-likeness (QED) is 0.494. The summed E-state index contributed by atoms with van der Waals surface area (Å²) in [5.41, 5.74) is 1.95. The lowest BCUT2D eigenvalue weighted by molar-refractivity contribution is -0.114. The van der Waals surface area contributed by atoms with Crippen molar-refractivity contribution in [1.29, 1.82) is 0 Å². The highest BCUT2D eigenvalue weighted by molar-refractivity contribution is 7.92. The Balaban J connectivity index is 1.92. The van der Waals surface area contributed by atoms with E-state index < -0.39 is 22.5 Å². The van der Waals surface area contributed by atoms with Gasteiger partial charge in [-0.3, -0.25) is 9.10 Å². The molecule has 0 unspecified atom stereocenters. The lowest BCUT2D eigenvalue weighted by atomic mass is 10.0. The van der Waals surface area contributed by atoms with Crippen LogP contribution in [0, 0.1) is 0 Å². The van der Waals surface area contributed by atoms with Gasteiger partial charge < -0.3 is 14.8 Å². The van der Waals surface area contributed by atoms with Crippen LogP contribution in [0.5, 0.6) is 11.5 Å². The highest BCUT2D eigenvalue weighted by Gasteiger charge is 2.27. The van der Waals surface area contributed by atoms with Crippen LogP contribution in [0.25, 0.3) is 0 Å². The van der Waals surface area contributed by atoms with Crippen molar-refractivity contribution in [3.63, 3.8) is 0 Å². The number of ether oxygens (including phenoxy) is 2. The summed E-state index contributed by atoms with van der Waals surface area (Å²) in [5.74, 6) is 0.781. The Hall–Kier alpha value is -3.52. The maximum Gasteiger partial charge on any atom is 0.264 e. The van der Waals surface area contributed by atoms with Gasteiger partial charge in [-0.25, -0.2) is 8.42 Å². The lowest BCUT2D eigenvalue weighted by Gasteiger charge is -2.24. The predicted molar refractivity (Wildman–Crippen MR) is 130 cm³/mol. The van der Waals surface area contributed by atoms with E-state index in [4.69, 9.17) is 9.47 Å². The minimum atomic E-state index is -3.97. The number of hydrogen-bond acceptors (Lipinski definition) is 5. The summed E-state index contributed by atoms with van der Waals surface area (Å²) in [6.45, 7) is 3.72. The number of methoxy groups -OCH3 is 2. The van der Waals surface area contributed by atoms with Crippen molar-refractivity contribution in [2.75, 3.05) is 30.4 Å². The summed E-state index contributed by atoms with van der Waals surface area (Å²) in [6, 6.07) is 20.2. The van der Waals surface area contributed by atoms with Crippen LogP contribution in [0.4, 0.5) is 11.4 Å². The second-order valence-corrected chi connectivity index (χ2v) is 9.55. The van der Waals surface area contributed by atoms with Gasteiger partial charge in [0, 0.05) is 11.8 Å². The molecule has 0 aliphatic rings. The number of benzene rings is 3. The first-order chi connectivity index (χ1) is 15.8. The summed E-state index contributed by atoms with van der Waals surface area (Å²) in [5, 5.41) is 2.74. The first-order valence-corrected chi connectivity index (χ1v) is 11.9. The summed E-state index contributed by atoms with van der Waals surface area (Å²) in [4.78, 5) is 13.0. The molecule has 33 heavy (non-hydrogen) atoms. The van der Waals surface area contributed by atoms with E-state index in [0.717, 1.165) is 9.87 Å². The molecule has 0 bridgehead atoms. The number of anilines is 2. The van der Waals surface area contributed by atoms with Crippen LogP contribution in [0.1, 0.15) is 25.3 Å². The molecule has 0 fully saturated rings. The molecule has 1 amide bonds. The minimum absolute atomic E-state index is 0.108. The second-order valence-electron chi connectivity index (χ2n) is 7.69. The monoisotopic (exact) mass is 468 g/mol. The predicted octanol–water partition coefficient (Wildman–Crippen LogP) is 4.66. The van der Waals surface area contributed by atoms with Gasteiger partial charge in [0.25, 0.3) is 10.0 Å². The van der Waals surface area contributed by atoms with Crippen molar-refractivity contribution < 1.29 is 22.7 Å². The average molecular weight is 469 g/mol. The Labute approximate surface area is 195 Å². The fourth-order valence-electron chi connectivity index (χ4n) is 3.31. The fraction of sp³-hybridized carbons (Fsp3) is 0.240. The molecule has 3 aromatic rings. The number of nitrogens with zero attached hydrogens (tertiary/aromatic N) is 1. The number of sulfonamides is 1. The standard InChI is InChI=1S/C25H28N2O5S/c1-18(2)19-10-13-21(14-11-19)27(33(29,30)22-8-6-5-7-9-22)17-25(28)26-20-12-15-23(31-3)24(16-20)32-4/h5-16,18H,17H2,1-4H3,(H,26,28). The maximum atomic E-state index is 13.4. The van der Waals surface area contributed by atoms with Crippen molar-refractivity contribution in [3.8, 4) is 11.5 Å². The smallest absolute Gasteiger partial charge is 0.264 e. The molecule has 0 aliphatic heterocycles. The molecule has 3 aromatic carbocycles. The minimum Gasteiger partial charge on any atom is -0.493 e. The largest absolute Gasteiger partial charge is 0.493 e. The Morgan fingerprint density at radius 2 is 1.55 bits per heavy atom. The Bertz CT molecular complexity index is 1190. The van der Waals surface area contributed by atoms with Gasteiger partial charge in [0.1, 0.15) is 6.54 Å². The number of carbonyl (C=O) groups excluding carboxylic acids is 1. The molecule has 0 aromatic heterocycles. The first-order valence-electron chi connectivity index (χ1n) is 10.5. The molecule has 174 valence electrons. The zero-order valence-electron chi connectivity index (χ0n) is 19.1. The third-order valence-corrected chi connectivity index (χ3v) is 6.92. The molecule has 0 radical (unpaired) electrons. The molecule has 0 spiro atoms. The van der Waals surface area contributed by atoms with Crippen molar-refractivity contribution >= 4 is 27.3 Å². The highest BCUT2D eigenvalue weighted by atomic mass is 32.2. The van der Waals surface area contributed by atoms with E-state index in [1.165, 1.54) is 26.4 Å². The van der Waals surface area contributed by atoms with E-state index in [1.54, 1.807) is 48.5 Å². The SMILES string of the molecule is COc1ccc(NC(=O)CN(c2ccc(C(C)C)cc2)S(=O)(=O)c2ccccc2)cc1OC.